The average molecular weight is 194 g/mol. The first kappa shape index (κ1) is 11.0. The minimum absolute atomic E-state index is 0.230. The largest absolute Gasteiger partial charge is 0.479 e. The zero-order valence-electron chi connectivity index (χ0n) is 8.86. The van der Waals surface area contributed by atoms with Gasteiger partial charge in [0.1, 0.15) is 12.5 Å². The van der Waals surface area contributed by atoms with Crippen molar-refractivity contribution in [2.45, 2.75) is 13.5 Å². The van der Waals surface area contributed by atoms with Gasteiger partial charge in [0.15, 0.2) is 0 Å². The standard InChI is InChI=1S/C11H18N2O/c1-3-13(2)8-10-4-6-11(7-5-10)14-9-12/h4-7H,3,8-9,12H2,1-2H3. The quantitative estimate of drug-likeness (QED) is 0.721. The van der Waals surface area contributed by atoms with E-state index in [2.05, 4.69) is 31.0 Å². The van der Waals surface area contributed by atoms with Gasteiger partial charge in [0.25, 0.3) is 0 Å². The second-order valence-electron chi connectivity index (χ2n) is 3.29. The molecular weight excluding hydrogens is 176 g/mol. The lowest BCUT2D eigenvalue weighted by molar-refractivity contribution is 0.328. The first-order chi connectivity index (χ1) is 6.76. The highest BCUT2D eigenvalue weighted by atomic mass is 16.5. The summed E-state index contributed by atoms with van der Waals surface area (Å²) in [6, 6.07) is 8.03. The Morgan fingerprint density at radius 1 is 1.29 bits per heavy atom. The van der Waals surface area contributed by atoms with Crippen LogP contribution in [0.5, 0.6) is 5.75 Å². The number of benzene rings is 1. The zero-order chi connectivity index (χ0) is 10.4. The summed E-state index contributed by atoms with van der Waals surface area (Å²) in [5.41, 5.74) is 6.56. The molecule has 3 nitrogen and oxygen atoms in total. The smallest absolute Gasteiger partial charge is 0.137 e. The van der Waals surface area contributed by atoms with Crippen molar-refractivity contribution < 1.29 is 4.74 Å². The van der Waals surface area contributed by atoms with E-state index < -0.39 is 0 Å². The molecule has 0 radical (unpaired) electrons. The van der Waals surface area contributed by atoms with Gasteiger partial charge in [-0.2, -0.15) is 0 Å². The Kier molecular flexibility index (Phi) is 4.43. The molecule has 0 atom stereocenters. The Morgan fingerprint density at radius 3 is 2.43 bits per heavy atom. The fourth-order valence-corrected chi connectivity index (χ4v) is 1.21. The summed E-state index contributed by atoms with van der Waals surface area (Å²) in [6.45, 7) is 4.40. The maximum atomic E-state index is 5.27. The molecular formula is C11H18N2O. The number of ether oxygens (including phenoxy) is 1. The van der Waals surface area contributed by atoms with Gasteiger partial charge in [-0.05, 0) is 31.3 Å². The van der Waals surface area contributed by atoms with E-state index in [0.717, 1.165) is 18.8 Å². The Morgan fingerprint density at radius 2 is 1.93 bits per heavy atom. The predicted molar refractivity (Wildman–Crippen MR) is 58.1 cm³/mol. The normalized spacial score (nSPS) is 10.6. The molecule has 0 unspecified atom stereocenters. The van der Waals surface area contributed by atoms with Gasteiger partial charge in [0, 0.05) is 6.54 Å². The molecule has 0 aliphatic carbocycles. The maximum absolute atomic E-state index is 5.27. The van der Waals surface area contributed by atoms with Crippen LogP contribution in [0.25, 0.3) is 0 Å². The summed E-state index contributed by atoms with van der Waals surface area (Å²) in [7, 11) is 2.10. The summed E-state index contributed by atoms with van der Waals surface area (Å²) < 4.78 is 5.16. The summed E-state index contributed by atoms with van der Waals surface area (Å²) in [4.78, 5) is 2.25. The highest BCUT2D eigenvalue weighted by Crippen LogP contribution is 2.12. The molecule has 0 amide bonds. The van der Waals surface area contributed by atoms with Crippen molar-refractivity contribution in [2.24, 2.45) is 5.73 Å². The van der Waals surface area contributed by atoms with Crippen molar-refractivity contribution in [3.05, 3.63) is 29.8 Å². The molecule has 0 fully saturated rings. The van der Waals surface area contributed by atoms with Crippen LogP contribution in [0.3, 0.4) is 0 Å². The first-order valence-corrected chi connectivity index (χ1v) is 4.86. The lowest BCUT2D eigenvalue weighted by Crippen LogP contribution is -2.16. The second kappa shape index (κ2) is 5.62. The molecule has 0 spiro atoms. The van der Waals surface area contributed by atoms with Gasteiger partial charge in [-0.15, -0.1) is 0 Å². The molecule has 0 saturated heterocycles. The van der Waals surface area contributed by atoms with Gasteiger partial charge < -0.3 is 9.64 Å². The third-order valence-corrected chi connectivity index (χ3v) is 2.17. The van der Waals surface area contributed by atoms with Crippen LogP contribution in [-0.2, 0) is 6.54 Å². The van der Waals surface area contributed by atoms with E-state index in [9.17, 15) is 0 Å². The summed E-state index contributed by atoms with van der Waals surface area (Å²) >= 11 is 0. The zero-order valence-corrected chi connectivity index (χ0v) is 8.86. The molecule has 14 heavy (non-hydrogen) atoms. The van der Waals surface area contributed by atoms with E-state index in [1.165, 1.54) is 5.56 Å². The van der Waals surface area contributed by atoms with Crippen LogP contribution in [0, 0.1) is 0 Å². The lowest BCUT2D eigenvalue weighted by Gasteiger charge is -2.13. The minimum Gasteiger partial charge on any atom is -0.479 e. The van der Waals surface area contributed by atoms with E-state index in [-0.39, 0.29) is 6.73 Å². The molecule has 78 valence electrons. The topological polar surface area (TPSA) is 38.5 Å². The van der Waals surface area contributed by atoms with Crippen molar-refractivity contribution in [3.63, 3.8) is 0 Å². The van der Waals surface area contributed by atoms with Crippen LogP contribution in [-0.4, -0.2) is 25.2 Å². The molecule has 0 aromatic heterocycles. The van der Waals surface area contributed by atoms with Gasteiger partial charge >= 0.3 is 0 Å². The molecule has 2 N–H and O–H groups in total. The van der Waals surface area contributed by atoms with Crippen molar-refractivity contribution in [1.29, 1.82) is 0 Å². The van der Waals surface area contributed by atoms with E-state index in [1.54, 1.807) is 0 Å². The fourth-order valence-electron chi connectivity index (χ4n) is 1.21. The molecule has 0 saturated carbocycles. The number of rotatable bonds is 5. The van der Waals surface area contributed by atoms with Gasteiger partial charge in [0.2, 0.25) is 0 Å². The summed E-state index contributed by atoms with van der Waals surface area (Å²) in [5.74, 6) is 0.829. The number of nitrogens with two attached hydrogens (primary N) is 1. The Labute approximate surface area is 85.5 Å². The monoisotopic (exact) mass is 194 g/mol. The highest BCUT2D eigenvalue weighted by molar-refractivity contribution is 5.27. The molecule has 1 aromatic carbocycles. The summed E-state index contributed by atoms with van der Waals surface area (Å²) in [6.07, 6.45) is 0. The van der Waals surface area contributed by atoms with E-state index in [0.29, 0.717) is 0 Å². The number of nitrogens with zero attached hydrogens (tertiary/aromatic N) is 1. The van der Waals surface area contributed by atoms with Crippen molar-refractivity contribution in [3.8, 4) is 5.75 Å². The Balaban J connectivity index is 2.54. The van der Waals surface area contributed by atoms with Crippen LogP contribution in [0.2, 0.25) is 0 Å². The Hall–Kier alpha value is -1.06. The number of hydrogen-bond donors (Lipinski definition) is 1. The maximum Gasteiger partial charge on any atom is 0.137 e. The molecule has 1 aromatic rings. The molecule has 0 aliphatic heterocycles. The van der Waals surface area contributed by atoms with Gasteiger partial charge in [-0.1, -0.05) is 19.1 Å². The minimum atomic E-state index is 0.230. The SMILES string of the molecule is CCN(C)Cc1ccc(OCN)cc1. The average Bonchev–Trinajstić information content (AvgIpc) is 2.21. The first-order valence-electron chi connectivity index (χ1n) is 4.86. The van der Waals surface area contributed by atoms with Crippen LogP contribution in [0.15, 0.2) is 24.3 Å². The van der Waals surface area contributed by atoms with Crippen molar-refractivity contribution >= 4 is 0 Å². The fraction of sp³-hybridized carbons (Fsp3) is 0.455. The van der Waals surface area contributed by atoms with Gasteiger partial charge in [-0.3, -0.25) is 5.73 Å². The third-order valence-electron chi connectivity index (χ3n) is 2.17. The number of hydrogen-bond acceptors (Lipinski definition) is 3. The highest BCUT2D eigenvalue weighted by Gasteiger charge is 1.97. The van der Waals surface area contributed by atoms with Crippen LogP contribution < -0.4 is 10.5 Å². The Bertz CT molecular complexity index is 258. The van der Waals surface area contributed by atoms with E-state index in [1.807, 2.05) is 12.1 Å². The molecule has 0 heterocycles. The molecule has 3 heteroatoms. The van der Waals surface area contributed by atoms with Crippen LogP contribution in [0.4, 0.5) is 0 Å². The van der Waals surface area contributed by atoms with E-state index >= 15 is 0 Å². The van der Waals surface area contributed by atoms with E-state index in [4.69, 9.17) is 10.5 Å². The second-order valence-corrected chi connectivity index (χ2v) is 3.29. The van der Waals surface area contributed by atoms with Gasteiger partial charge in [-0.25, -0.2) is 0 Å². The van der Waals surface area contributed by atoms with Crippen molar-refractivity contribution in [1.82, 2.24) is 4.90 Å². The molecule has 0 bridgehead atoms. The third kappa shape index (κ3) is 3.36. The van der Waals surface area contributed by atoms with Gasteiger partial charge in [0.05, 0.1) is 0 Å². The lowest BCUT2D eigenvalue weighted by atomic mass is 10.2. The predicted octanol–water partition coefficient (Wildman–Crippen LogP) is 1.43. The van der Waals surface area contributed by atoms with Crippen LogP contribution >= 0.6 is 0 Å². The van der Waals surface area contributed by atoms with Crippen LogP contribution in [0.1, 0.15) is 12.5 Å². The summed E-state index contributed by atoms with van der Waals surface area (Å²) in [5, 5.41) is 0. The van der Waals surface area contributed by atoms with Crippen molar-refractivity contribution in [2.75, 3.05) is 20.3 Å². The molecule has 1 rings (SSSR count). The molecule has 0 aliphatic rings.